The zero-order chi connectivity index (χ0) is 11.5. The molecule has 0 amide bonds. The molecule has 0 aromatic heterocycles. The normalized spacial score (nSPS) is 10.4. The van der Waals surface area contributed by atoms with Crippen LogP contribution in [0.5, 0.6) is 0 Å². The fraction of sp³-hybridized carbons (Fsp3) is 0.0769. The van der Waals surface area contributed by atoms with Gasteiger partial charge in [0, 0.05) is 11.6 Å². The van der Waals surface area contributed by atoms with Gasteiger partial charge >= 0.3 is 0 Å². The molecule has 0 spiro atoms. The number of rotatable bonds is 2. The van der Waals surface area contributed by atoms with Crippen LogP contribution in [0.25, 0.3) is 11.1 Å². The molecule has 2 aromatic carbocycles. The molecule has 2 rings (SSSR count). The van der Waals surface area contributed by atoms with Crippen molar-refractivity contribution in [1.82, 2.24) is 0 Å². The first-order valence-corrected chi connectivity index (χ1v) is 4.86. The van der Waals surface area contributed by atoms with E-state index in [2.05, 4.69) is 0 Å². The summed E-state index contributed by atoms with van der Waals surface area (Å²) < 4.78 is 26.2. The first-order valence-electron chi connectivity index (χ1n) is 4.86. The second-order valence-electron chi connectivity index (χ2n) is 3.48. The van der Waals surface area contributed by atoms with Crippen LogP contribution in [0.15, 0.2) is 42.5 Å². The molecule has 0 atom stereocenters. The molecule has 0 fully saturated rings. The Hall–Kier alpha value is -1.74. The smallest absolute Gasteiger partial charge is 0.133 e. The number of halogens is 2. The third-order valence-corrected chi connectivity index (χ3v) is 2.35. The van der Waals surface area contributed by atoms with Crippen LogP contribution in [-0.2, 0) is 6.61 Å². The van der Waals surface area contributed by atoms with Gasteiger partial charge in [0.05, 0.1) is 6.61 Å². The lowest BCUT2D eigenvalue weighted by Crippen LogP contribution is -1.88. The Bertz CT molecular complexity index is 509. The van der Waals surface area contributed by atoms with Crippen molar-refractivity contribution in [3.8, 4) is 11.1 Å². The molecule has 0 aliphatic heterocycles. The summed E-state index contributed by atoms with van der Waals surface area (Å²) in [5.74, 6) is -1.20. The van der Waals surface area contributed by atoms with E-state index in [-0.39, 0.29) is 6.61 Å². The van der Waals surface area contributed by atoms with Crippen LogP contribution >= 0.6 is 0 Å². The topological polar surface area (TPSA) is 20.2 Å². The zero-order valence-electron chi connectivity index (χ0n) is 8.45. The molecule has 0 saturated carbocycles. The Morgan fingerprint density at radius 3 is 2.50 bits per heavy atom. The van der Waals surface area contributed by atoms with Crippen molar-refractivity contribution in [3.63, 3.8) is 0 Å². The molecule has 0 radical (unpaired) electrons. The molecule has 3 heteroatoms. The molecule has 0 bridgehead atoms. The summed E-state index contributed by atoms with van der Waals surface area (Å²) >= 11 is 0. The van der Waals surface area contributed by atoms with Gasteiger partial charge in [-0.15, -0.1) is 0 Å². The number of benzene rings is 2. The van der Waals surface area contributed by atoms with E-state index in [0.717, 1.165) is 6.07 Å². The van der Waals surface area contributed by atoms with E-state index < -0.39 is 11.6 Å². The van der Waals surface area contributed by atoms with Crippen molar-refractivity contribution < 1.29 is 13.9 Å². The minimum absolute atomic E-state index is 0.101. The zero-order valence-corrected chi connectivity index (χ0v) is 8.45. The lowest BCUT2D eigenvalue weighted by Gasteiger charge is -2.05. The Morgan fingerprint density at radius 2 is 1.81 bits per heavy atom. The Balaban J connectivity index is 2.49. The first kappa shape index (κ1) is 10.8. The maximum atomic E-state index is 13.5. The van der Waals surface area contributed by atoms with Gasteiger partial charge in [0.25, 0.3) is 0 Å². The SMILES string of the molecule is OCc1cccc(-c2ccc(F)cc2F)c1. The van der Waals surface area contributed by atoms with Crippen LogP contribution in [0.2, 0.25) is 0 Å². The van der Waals surface area contributed by atoms with Crippen LogP contribution in [0.4, 0.5) is 8.78 Å². The van der Waals surface area contributed by atoms with E-state index in [4.69, 9.17) is 5.11 Å². The fourth-order valence-electron chi connectivity index (χ4n) is 1.56. The Labute approximate surface area is 92.0 Å². The van der Waals surface area contributed by atoms with Crippen molar-refractivity contribution in [2.75, 3.05) is 0 Å². The molecule has 2 aromatic rings. The highest BCUT2D eigenvalue weighted by atomic mass is 19.1. The molecule has 1 nitrogen and oxygen atoms in total. The average molecular weight is 220 g/mol. The van der Waals surface area contributed by atoms with Gasteiger partial charge in [-0.3, -0.25) is 0 Å². The van der Waals surface area contributed by atoms with E-state index in [0.29, 0.717) is 16.7 Å². The van der Waals surface area contributed by atoms with Crippen LogP contribution in [0.1, 0.15) is 5.56 Å². The quantitative estimate of drug-likeness (QED) is 0.824. The molecule has 0 heterocycles. The number of hydrogen-bond acceptors (Lipinski definition) is 1. The summed E-state index contributed by atoms with van der Waals surface area (Å²) in [6, 6.07) is 10.3. The van der Waals surface area contributed by atoms with Crippen LogP contribution in [0, 0.1) is 11.6 Å². The van der Waals surface area contributed by atoms with E-state index in [1.54, 1.807) is 24.3 Å². The summed E-state index contributed by atoms with van der Waals surface area (Å²) in [5.41, 5.74) is 1.65. The van der Waals surface area contributed by atoms with Crippen molar-refractivity contribution in [1.29, 1.82) is 0 Å². The standard InChI is InChI=1S/C13H10F2O/c14-11-4-5-12(13(15)7-11)10-3-1-2-9(6-10)8-16/h1-7,16H,8H2. The van der Waals surface area contributed by atoms with Gasteiger partial charge in [-0.05, 0) is 29.3 Å². The van der Waals surface area contributed by atoms with Gasteiger partial charge < -0.3 is 5.11 Å². The predicted molar refractivity (Wildman–Crippen MR) is 57.7 cm³/mol. The number of aliphatic hydroxyl groups excluding tert-OH is 1. The van der Waals surface area contributed by atoms with Gasteiger partial charge in [-0.1, -0.05) is 18.2 Å². The minimum Gasteiger partial charge on any atom is -0.392 e. The Morgan fingerprint density at radius 1 is 1.00 bits per heavy atom. The molecule has 0 saturated heterocycles. The largest absolute Gasteiger partial charge is 0.392 e. The lowest BCUT2D eigenvalue weighted by atomic mass is 10.0. The van der Waals surface area contributed by atoms with Crippen LogP contribution in [0.3, 0.4) is 0 Å². The summed E-state index contributed by atoms with van der Waals surface area (Å²) in [7, 11) is 0. The van der Waals surface area contributed by atoms with Crippen LogP contribution < -0.4 is 0 Å². The Kier molecular flexibility index (Phi) is 2.97. The fourth-order valence-corrected chi connectivity index (χ4v) is 1.56. The molecule has 82 valence electrons. The molecule has 16 heavy (non-hydrogen) atoms. The molecular weight excluding hydrogens is 210 g/mol. The molecule has 1 N–H and O–H groups in total. The predicted octanol–water partition coefficient (Wildman–Crippen LogP) is 3.12. The molecule has 0 unspecified atom stereocenters. The third kappa shape index (κ3) is 2.09. The number of aliphatic hydroxyl groups is 1. The second-order valence-corrected chi connectivity index (χ2v) is 3.48. The number of hydrogen-bond donors (Lipinski definition) is 1. The average Bonchev–Trinajstić information content (AvgIpc) is 2.29. The summed E-state index contributed by atoms with van der Waals surface area (Å²) in [5, 5.41) is 8.97. The highest BCUT2D eigenvalue weighted by Crippen LogP contribution is 2.24. The van der Waals surface area contributed by atoms with Gasteiger partial charge in [0.2, 0.25) is 0 Å². The summed E-state index contributed by atoms with van der Waals surface area (Å²) in [6.07, 6.45) is 0. The van der Waals surface area contributed by atoms with Crippen LogP contribution in [-0.4, -0.2) is 5.11 Å². The lowest BCUT2D eigenvalue weighted by molar-refractivity contribution is 0.282. The van der Waals surface area contributed by atoms with Crippen molar-refractivity contribution >= 4 is 0 Å². The van der Waals surface area contributed by atoms with E-state index in [9.17, 15) is 8.78 Å². The van der Waals surface area contributed by atoms with Crippen molar-refractivity contribution in [2.24, 2.45) is 0 Å². The summed E-state index contributed by atoms with van der Waals surface area (Å²) in [6.45, 7) is -0.101. The highest BCUT2D eigenvalue weighted by molar-refractivity contribution is 5.64. The van der Waals surface area contributed by atoms with Gasteiger partial charge in [-0.25, -0.2) is 8.78 Å². The molecular formula is C13H10F2O. The molecule has 0 aliphatic carbocycles. The maximum absolute atomic E-state index is 13.5. The van der Waals surface area contributed by atoms with E-state index in [1.807, 2.05) is 0 Å². The first-order chi connectivity index (χ1) is 7.70. The van der Waals surface area contributed by atoms with Crippen molar-refractivity contribution in [2.45, 2.75) is 6.61 Å². The van der Waals surface area contributed by atoms with E-state index in [1.165, 1.54) is 12.1 Å². The molecule has 0 aliphatic rings. The third-order valence-electron chi connectivity index (χ3n) is 2.35. The van der Waals surface area contributed by atoms with Gasteiger partial charge in [-0.2, -0.15) is 0 Å². The minimum atomic E-state index is -0.602. The van der Waals surface area contributed by atoms with Crippen molar-refractivity contribution in [3.05, 3.63) is 59.7 Å². The highest BCUT2D eigenvalue weighted by Gasteiger charge is 2.06. The van der Waals surface area contributed by atoms with Gasteiger partial charge in [0.15, 0.2) is 0 Å². The maximum Gasteiger partial charge on any atom is 0.133 e. The second kappa shape index (κ2) is 4.41. The summed E-state index contributed by atoms with van der Waals surface area (Å²) in [4.78, 5) is 0. The van der Waals surface area contributed by atoms with Gasteiger partial charge in [0.1, 0.15) is 11.6 Å². The monoisotopic (exact) mass is 220 g/mol. The van der Waals surface area contributed by atoms with E-state index >= 15 is 0 Å².